The predicted molar refractivity (Wildman–Crippen MR) is 43.4 cm³/mol. The van der Waals surface area contributed by atoms with Crippen LogP contribution in [-0.4, -0.2) is 5.16 Å². The Morgan fingerprint density at radius 3 is 2.85 bits per heavy atom. The average molecular weight is 184 g/mol. The molecule has 1 aromatic heterocycles. The maximum atomic E-state index is 12.2. The Kier molecular flexibility index (Phi) is 1.65. The SMILES string of the molecule is Nc1onc2cc(C(F)F)ccc12. The highest BCUT2D eigenvalue weighted by Gasteiger charge is 2.10. The fourth-order valence-electron chi connectivity index (χ4n) is 1.12. The number of rotatable bonds is 1. The number of nitrogen functional groups attached to an aromatic ring is 1. The summed E-state index contributed by atoms with van der Waals surface area (Å²) < 4.78 is 29.1. The van der Waals surface area contributed by atoms with Crippen molar-refractivity contribution < 1.29 is 13.3 Å². The van der Waals surface area contributed by atoms with Crippen LogP contribution >= 0.6 is 0 Å². The summed E-state index contributed by atoms with van der Waals surface area (Å²) in [5.74, 6) is 0.149. The summed E-state index contributed by atoms with van der Waals surface area (Å²) >= 11 is 0. The topological polar surface area (TPSA) is 52.0 Å². The van der Waals surface area contributed by atoms with Crippen molar-refractivity contribution in [1.29, 1.82) is 0 Å². The molecule has 1 aromatic carbocycles. The van der Waals surface area contributed by atoms with Gasteiger partial charge >= 0.3 is 0 Å². The lowest BCUT2D eigenvalue weighted by molar-refractivity contribution is 0.151. The van der Waals surface area contributed by atoms with Gasteiger partial charge in [0.1, 0.15) is 5.52 Å². The molecule has 0 fully saturated rings. The zero-order valence-electron chi connectivity index (χ0n) is 6.50. The lowest BCUT2D eigenvalue weighted by Gasteiger charge is -1.96. The quantitative estimate of drug-likeness (QED) is 0.740. The molecule has 1 heterocycles. The van der Waals surface area contributed by atoms with Gasteiger partial charge in [-0.2, -0.15) is 0 Å². The van der Waals surface area contributed by atoms with Crippen LogP contribution in [0.2, 0.25) is 0 Å². The van der Waals surface area contributed by atoms with E-state index in [4.69, 9.17) is 5.73 Å². The molecular formula is C8H6F2N2O. The van der Waals surface area contributed by atoms with Gasteiger partial charge in [0.05, 0.1) is 5.39 Å². The van der Waals surface area contributed by atoms with Gasteiger partial charge in [-0.15, -0.1) is 0 Å². The first-order valence-electron chi connectivity index (χ1n) is 3.61. The van der Waals surface area contributed by atoms with E-state index in [0.29, 0.717) is 10.9 Å². The van der Waals surface area contributed by atoms with Gasteiger partial charge in [0.15, 0.2) is 0 Å². The van der Waals surface area contributed by atoms with Crippen LogP contribution < -0.4 is 5.73 Å². The third-order valence-electron chi connectivity index (χ3n) is 1.78. The van der Waals surface area contributed by atoms with E-state index >= 15 is 0 Å². The van der Waals surface area contributed by atoms with E-state index in [2.05, 4.69) is 9.68 Å². The van der Waals surface area contributed by atoms with E-state index in [1.165, 1.54) is 18.2 Å². The highest BCUT2D eigenvalue weighted by molar-refractivity contribution is 5.87. The van der Waals surface area contributed by atoms with E-state index in [9.17, 15) is 8.78 Å². The summed E-state index contributed by atoms with van der Waals surface area (Å²) in [5, 5.41) is 4.09. The molecule has 0 spiro atoms. The molecular weight excluding hydrogens is 178 g/mol. The van der Waals surface area contributed by atoms with Crippen LogP contribution in [0.3, 0.4) is 0 Å². The summed E-state index contributed by atoms with van der Waals surface area (Å²) in [6.07, 6.45) is -2.50. The van der Waals surface area contributed by atoms with Crippen molar-refractivity contribution in [3.63, 3.8) is 0 Å². The largest absolute Gasteiger partial charge is 0.367 e. The van der Waals surface area contributed by atoms with Crippen LogP contribution in [0.5, 0.6) is 0 Å². The first kappa shape index (κ1) is 7.97. The van der Waals surface area contributed by atoms with Crippen LogP contribution in [-0.2, 0) is 0 Å². The van der Waals surface area contributed by atoms with Gasteiger partial charge in [0, 0.05) is 5.56 Å². The molecule has 0 amide bonds. The number of nitrogens with zero attached hydrogens (tertiary/aromatic N) is 1. The van der Waals surface area contributed by atoms with Gasteiger partial charge in [0.25, 0.3) is 6.43 Å². The van der Waals surface area contributed by atoms with Gasteiger partial charge in [-0.3, -0.25) is 0 Å². The maximum absolute atomic E-state index is 12.2. The standard InChI is InChI=1S/C8H6F2N2O/c9-7(10)4-1-2-5-6(3-4)12-13-8(5)11/h1-3,7H,11H2. The maximum Gasteiger partial charge on any atom is 0.263 e. The number of hydrogen-bond acceptors (Lipinski definition) is 3. The van der Waals surface area contributed by atoms with Crippen molar-refractivity contribution >= 4 is 16.8 Å². The number of benzene rings is 1. The summed E-state index contributed by atoms with van der Waals surface area (Å²) in [7, 11) is 0. The smallest absolute Gasteiger partial charge is 0.263 e. The summed E-state index contributed by atoms with van der Waals surface area (Å²) in [4.78, 5) is 0. The molecule has 2 aromatic rings. The van der Waals surface area contributed by atoms with Crippen molar-refractivity contribution in [3.05, 3.63) is 23.8 Å². The number of halogens is 2. The predicted octanol–water partition coefficient (Wildman–Crippen LogP) is 2.35. The van der Waals surface area contributed by atoms with Gasteiger partial charge in [0.2, 0.25) is 5.88 Å². The van der Waals surface area contributed by atoms with Gasteiger partial charge < -0.3 is 10.3 Å². The molecule has 0 radical (unpaired) electrons. The molecule has 0 atom stereocenters. The minimum atomic E-state index is -2.50. The fourth-order valence-corrected chi connectivity index (χ4v) is 1.12. The minimum Gasteiger partial charge on any atom is -0.367 e. The van der Waals surface area contributed by atoms with Crippen LogP contribution in [0.25, 0.3) is 10.9 Å². The zero-order chi connectivity index (χ0) is 9.42. The number of hydrogen-bond donors (Lipinski definition) is 1. The monoisotopic (exact) mass is 184 g/mol. The number of nitrogens with two attached hydrogens (primary N) is 1. The first-order chi connectivity index (χ1) is 6.18. The Morgan fingerprint density at radius 1 is 1.38 bits per heavy atom. The second-order valence-corrected chi connectivity index (χ2v) is 2.62. The van der Waals surface area contributed by atoms with Crippen molar-refractivity contribution in [1.82, 2.24) is 5.16 Å². The molecule has 68 valence electrons. The Hall–Kier alpha value is -1.65. The molecule has 0 saturated heterocycles. The number of aromatic nitrogens is 1. The molecule has 0 unspecified atom stereocenters. The van der Waals surface area contributed by atoms with E-state index in [-0.39, 0.29) is 11.4 Å². The highest BCUT2D eigenvalue weighted by Crippen LogP contribution is 2.25. The molecule has 5 heteroatoms. The fraction of sp³-hybridized carbons (Fsp3) is 0.125. The van der Waals surface area contributed by atoms with E-state index in [0.717, 1.165) is 0 Å². The van der Waals surface area contributed by atoms with Crippen LogP contribution in [0, 0.1) is 0 Å². The normalized spacial score (nSPS) is 11.3. The van der Waals surface area contributed by atoms with Gasteiger partial charge in [-0.05, 0) is 12.1 Å². The van der Waals surface area contributed by atoms with Gasteiger partial charge in [-0.25, -0.2) is 8.78 Å². The number of fused-ring (bicyclic) bond motifs is 1. The second-order valence-electron chi connectivity index (χ2n) is 2.62. The third kappa shape index (κ3) is 1.22. The Balaban J connectivity index is 2.63. The van der Waals surface area contributed by atoms with Crippen molar-refractivity contribution in [3.8, 4) is 0 Å². The van der Waals surface area contributed by atoms with Crippen molar-refractivity contribution in [2.45, 2.75) is 6.43 Å². The highest BCUT2D eigenvalue weighted by atomic mass is 19.3. The van der Waals surface area contributed by atoms with Crippen molar-refractivity contribution in [2.24, 2.45) is 0 Å². The van der Waals surface area contributed by atoms with Crippen LogP contribution in [0.15, 0.2) is 22.7 Å². The molecule has 0 aliphatic carbocycles. The number of alkyl halides is 2. The summed E-state index contributed by atoms with van der Waals surface area (Å²) in [6, 6.07) is 4.04. The molecule has 3 nitrogen and oxygen atoms in total. The van der Waals surface area contributed by atoms with Crippen molar-refractivity contribution in [2.75, 3.05) is 5.73 Å². The van der Waals surface area contributed by atoms with E-state index in [1.54, 1.807) is 0 Å². The van der Waals surface area contributed by atoms with Gasteiger partial charge in [-0.1, -0.05) is 11.2 Å². The molecule has 0 aliphatic heterocycles. The number of anilines is 1. The molecule has 0 aliphatic rings. The zero-order valence-corrected chi connectivity index (χ0v) is 6.50. The lowest BCUT2D eigenvalue weighted by Crippen LogP contribution is -1.84. The average Bonchev–Trinajstić information content (AvgIpc) is 2.47. The van der Waals surface area contributed by atoms with E-state index in [1.807, 2.05) is 0 Å². The summed E-state index contributed by atoms with van der Waals surface area (Å²) in [5.41, 5.74) is 5.66. The Bertz CT molecular complexity index is 439. The first-order valence-corrected chi connectivity index (χ1v) is 3.61. The van der Waals surface area contributed by atoms with E-state index < -0.39 is 6.43 Å². The molecule has 2 N–H and O–H groups in total. The summed E-state index contributed by atoms with van der Waals surface area (Å²) in [6.45, 7) is 0. The molecule has 0 saturated carbocycles. The Morgan fingerprint density at radius 2 is 2.15 bits per heavy atom. The Labute approximate surface area is 72.1 Å². The molecule has 0 bridgehead atoms. The van der Waals surface area contributed by atoms with Crippen LogP contribution in [0.1, 0.15) is 12.0 Å². The molecule has 2 rings (SSSR count). The van der Waals surface area contributed by atoms with Crippen LogP contribution in [0.4, 0.5) is 14.7 Å². The lowest BCUT2D eigenvalue weighted by atomic mass is 10.2. The minimum absolute atomic E-state index is 0.0826. The molecule has 13 heavy (non-hydrogen) atoms. The third-order valence-corrected chi connectivity index (χ3v) is 1.78. The second kappa shape index (κ2) is 2.69.